The number of imidazole rings is 1. The number of benzene rings is 2. The topological polar surface area (TPSA) is 88.5 Å². The molecule has 29 heavy (non-hydrogen) atoms. The molecular formula is C21H16N6OS. The van der Waals surface area contributed by atoms with Gasteiger partial charge in [0.15, 0.2) is 0 Å². The van der Waals surface area contributed by atoms with Crippen molar-refractivity contribution in [2.24, 2.45) is 7.05 Å². The molecule has 0 saturated heterocycles. The first kappa shape index (κ1) is 17.3. The van der Waals surface area contributed by atoms with Crippen LogP contribution in [0.2, 0.25) is 0 Å². The number of H-pyrrole nitrogens is 1. The highest BCUT2D eigenvalue weighted by molar-refractivity contribution is 7.13. The third kappa shape index (κ3) is 3.41. The standard InChI is InChI=1S/C21H16N6OS/c1-27-11-14(10-22-27)21-26-18(12-29-21)20(28)23-15-8-6-13(7-9-15)19-24-16-4-2-3-5-17(16)25-19/h2-12H,1H3,(H,23,28)(H,24,25). The molecule has 5 aromatic rings. The van der Waals surface area contributed by atoms with Gasteiger partial charge in [-0.3, -0.25) is 9.48 Å². The van der Waals surface area contributed by atoms with Gasteiger partial charge in [-0.15, -0.1) is 11.3 Å². The number of nitrogens with one attached hydrogen (secondary N) is 2. The minimum Gasteiger partial charge on any atom is -0.338 e. The number of anilines is 1. The predicted octanol–water partition coefficient (Wildman–Crippen LogP) is 4.34. The Morgan fingerprint density at radius 1 is 1.07 bits per heavy atom. The van der Waals surface area contributed by atoms with Gasteiger partial charge in [0.25, 0.3) is 5.91 Å². The summed E-state index contributed by atoms with van der Waals surface area (Å²) in [5, 5.41) is 9.54. The first-order valence-electron chi connectivity index (χ1n) is 8.97. The molecule has 2 N–H and O–H groups in total. The molecule has 0 spiro atoms. The van der Waals surface area contributed by atoms with Crippen molar-refractivity contribution in [1.29, 1.82) is 0 Å². The molecule has 1 amide bonds. The number of carbonyl (C=O) groups excluding carboxylic acids is 1. The monoisotopic (exact) mass is 400 g/mol. The zero-order chi connectivity index (χ0) is 19.8. The molecule has 0 atom stereocenters. The number of aromatic amines is 1. The van der Waals surface area contributed by atoms with E-state index in [9.17, 15) is 4.79 Å². The molecule has 3 heterocycles. The Balaban J connectivity index is 1.32. The van der Waals surface area contributed by atoms with Gasteiger partial charge < -0.3 is 10.3 Å². The molecule has 3 aromatic heterocycles. The molecule has 142 valence electrons. The zero-order valence-corrected chi connectivity index (χ0v) is 16.3. The van der Waals surface area contributed by atoms with E-state index in [2.05, 4.69) is 25.4 Å². The van der Waals surface area contributed by atoms with Crippen molar-refractivity contribution in [3.8, 4) is 22.0 Å². The summed E-state index contributed by atoms with van der Waals surface area (Å²) in [6.07, 6.45) is 3.61. The highest BCUT2D eigenvalue weighted by Gasteiger charge is 2.13. The molecule has 0 aliphatic rings. The predicted molar refractivity (Wildman–Crippen MR) is 114 cm³/mol. The van der Waals surface area contributed by atoms with Crippen LogP contribution >= 0.6 is 11.3 Å². The van der Waals surface area contributed by atoms with E-state index in [1.807, 2.05) is 61.8 Å². The van der Waals surface area contributed by atoms with Crippen LogP contribution in [0.25, 0.3) is 33.0 Å². The van der Waals surface area contributed by atoms with E-state index in [0.717, 1.165) is 33.0 Å². The van der Waals surface area contributed by atoms with Crippen molar-refractivity contribution < 1.29 is 4.79 Å². The number of carbonyl (C=O) groups is 1. The Labute approximate surface area is 170 Å². The minimum atomic E-state index is -0.243. The molecule has 0 saturated carbocycles. The first-order chi connectivity index (χ1) is 14.2. The lowest BCUT2D eigenvalue weighted by Gasteiger charge is -2.04. The normalized spacial score (nSPS) is 11.1. The number of thiazole rings is 1. The number of fused-ring (bicyclic) bond motifs is 1. The van der Waals surface area contributed by atoms with Crippen LogP contribution in [0.4, 0.5) is 5.69 Å². The lowest BCUT2D eigenvalue weighted by atomic mass is 10.2. The molecule has 8 heteroatoms. The lowest BCUT2D eigenvalue weighted by molar-refractivity contribution is 0.102. The van der Waals surface area contributed by atoms with Gasteiger partial charge in [-0.25, -0.2) is 9.97 Å². The molecule has 5 rings (SSSR count). The van der Waals surface area contributed by atoms with Crippen LogP contribution in [0.15, 0.2) is 66.3 Å². The molecule has 0 aliphatic heterocycles. The second kappa shape index (κ2) is 6.99. The Morgan fingerprint density at radius 2 is 1.90 bits per heavy atom. The number of para-hydroxylation sites is 2. The van der Waals surface area contributed by atoms with Gasteiger partial charge in [0.2, 0.25) is 0 Å². The van der Waals surface area contributed by atoms with Crippen LogP contribution in [0.3, 0.4) is 0 Å². The summed E-state index contributed by atoms with van der Waals surface area (Å²) < 4.78 is 1.71. The third-order valence-electron chi connectivity index (χ3n) is 4.49. The van der Waals surface area contributed by atoms with Crippen molar-refractivity contribution in [2.75, 3.05) is 5.32 Å². The van der Waals surface area contributed by atoms with E-state index in [1.165, 1.54) is 11.3 Å². The lowest BCUT2D eigenvalue weighted by Crippen LogP contribution is -2.12. The molecule has 0 fully saturated rings. The molecule has 0 unspecified atom stereocenters. The van der Waals surface area contributed by atoms with Gasteiger partial charge in [0, 0.05) is 35.4 Å². The van der Waals surface area contributed by atoms with E-state index in [1.54, 1.807) is 16.3 Å². The molecule has 2 aromatic carbocycles. The number of amides is 1. The van der Waals surface area contributed by atoms with Gasteiger partial charge in [0.05, 0.1) is 17.2 Å². The van der Waals surface area contributed by atoms with Crippen molar-refractivity contribution in [3.05, 3.63) is 72.0 Å². The Bertz CT molecular complexity index is 1280. The second-order valence-electron chi connectivity index (χ2n) is 6.57. The van der Waals surface area contributed by atoms with Crippen LogP contribution in [0.5, 0.6) is 0 Å². The van der Waals surface area contributed by atoms with E-state index < -0.39 is 0 Å². The maximum Gasteiger partial charge on any atom is 0.275 e. The summed E-state index contributed by atoms with van der Waals surface area (Å²) in [4.78, 5) is 24.8. The van der Waals surface area contributed by atoms with Gasteiger partial charge in [-0.05, 0) is 36.4 Å². The van der Waals surface area contributed by atoms with E-state index in [0.29, 0.717) is 11.4 Å². The van der Waals surface area contributed by atoms with Crippen molar-refractivity contribution >= 4 is 34.0 Å². The highest BCUT2D eigenvalue weighted by atomic mass is 32.1. The number of hydrogen-bond donors (Lipinski definition) is 2. The van der Waals surface area contributed by atoms with Crippen LogP contribution in [0, 0.1) is 0 Å². The van der Waals surface area contributed by atoms with Gasteiger partial charge >= 0.3 is 0 Å². The molecule has 0 aliphatic carbocycles. The fraction of sp³-hybridized carbons (Fsp3) is 0.0476. The molecular weight excluding hydrogens is 384 g/mol. The van der Waals surface area contributed by atoms with Crippen LogP contribution in [0.1, 0.15) is 10.5 Å². The van der Waals surface area contributed by atoms with Crippen molar-refractivity contribution in [1.82, 2.24) is 24.7 Å². The van der Waals surface area contributed by atoms with E-state index in [4.69, 9.17) is 0 Å². The minimum absolute atomic E-state index is 0.243. The number of aryl methyl sites for hydroxylation is 1. The average molecular weight is 400 g/mol. The third-order valence-corrected chi connectivity index (χ3v) is 5.39. The molecule has 7 nitrogen and oxygen atoms in total. The quantitative estimate of drug-likeness (QED) is 0.470. The summed E-state index contributed by atoms with van der Waals surface area (Å²) >= 11 is 1.42. The summed E-state index contributed by atoms with van der Waals surface area (Å²) in [6, 6.07) is 15.5. The van der Waals surface area contributed by atoms with Crippen molar-refractivity contribution in [3.63, 3.8) is 0 Å². The fourth-order valence-electron chi connectivity index (χ4n) is 3.04. The zero-order valence-electron chi connectivity index (χ0n) is 15.5. The SMILES string of the molecule is Cn1cc(-c2nc(C(=O)Nc3ccc(-c4nc5ccccc5[nH]4)cc3)cs2)cn1. The van der Waals surface area contributed by atoms with E-state index >= 15 is 0 Å². The second-order valence-corrected chi connectivity index (χ2v) is 7.43. The maximum atomic E-state index is 12.5. The summed E-state index contributed by atoms with van der Waals surface area (Å²) in [5.74, 6) is 0.553. The van der Waals surface area contributed by atoms with E-state index in [-0.39, 0.29) is 5.91 Å². The Kier molecular flexibility index (Phi) is 4.18. The van der Waals surface area contributed by atoms with Gasteiger partial charge in [0.1, 0.15) is 16.5 Å². The van der Waals surface area contributed by atoms with Gasteiger partial charge in [-0.1, -0.05) is 12.1 Å². The van der Waals surface area contributed by atoms with Crippen LogP contribution in [-0.4, -0.2) is 30.6 Å². The Hall–Kier alpha value is -3.78. The maximum absolute atomic E-state index is 12.5. The number of rotatable bonds is 4. The fourth-order valence-corrected chi connectivity index (χ4v) is 3.81. The molecule has 0 radical (unpaired) electrons. The largest absolute Gasteiger partial charge is 0.338 e. The van der Waals surface area contributed by atoms with Crippen LogP contribution in [-0.2, 0) is 7.05 Å². The number of nitrogens with zero attached hydrogens (tertiary/aromatic N) is 4. The summed E-state index contributed by atoms with van der Waals surface area (Å²) in [7, 11) is 1.85. The van der Waals surface area contributed by atoms with Gasteiger partial charge in [-0.2, -0.15) is 5.10 Å². The smallest absolute Gasteiger partial charge is 0.275 e. The summed E-state index contributed by atoms with van der Waals surface area (Å²) in [5.41, 5.74) is 4.85. The Morgan fingerprint density at radius 3 is 2.66 bits per heavy atom. The molecule has 0 bridgehead atoms. The first-order valence-corrected chi connectivity index (χ1v) is 9.85. The number of hydrogen-bond acceptors (Lipinski definition) is 5. The number of aromatic nitrogens is 5. The average Bonchev–Trinajstić information content (AvgIpc) is 3.47. The summed E-state index contributed by atoms with van der Waals surface area (Å²) in [6.45, 7) is 0. The van der Waals surface area contributed by atoms with Crippen LogP contribution < -0.4 is 5.32 Å². The van der Waals surface area contributed by atoms with Crippen molar-refractivity contribution in [2.45, 2.75) is 0 Å². The highest BCUT2D eigenvalue weighted by Crippen LogP contribution is 2.25.